The summed E-state index contributed by atoms with van der Waals surface area (Å²) in [5.74, 6) is -0.964. The van der Waals surface area contributed by atoms with Crippen molar-refractivity contribution >= 4 is 28.8 Å². The number of hydrogen-bond donors (Lipinski definition) is 0. The highest BCUT2D eigenvalue weighted by Gasteiger charge is 2.36. The number of amides is 2. The van der Waals surface area contributed by atoms with Crippen LogP contribution in [0, 0.1) is 0 Å². The third-order valence-electron chi connectivity index (χ3n) is 5.99. The summed E-state index contributed by atoms with van der Waals surface area (Å²) in [4.78, 5) is 41.8. The molecule has 0 bridgehead atoms. The fourth-order valence-corrected chi connectivity index (χ4v) is 4.09. The number of fused-ring (bicyclic) bond motifs is 1. The number of carbonyl (C=O) groups excluding carboxylic acids is 2. The number of hydrogen-bond acceptors (Lipinski definition) is 8. The second kappa shape index (κ2) is 9.64. The maximum absolute atomic E-state index is 14.0. The summed E-state index contributed by atoms with van der Waals surface area (Å²) in [6.07, 6.45) is -3.23. The van der Waals surface area contributed by atoms with E-state index >= 15 is 0 Å². The number of likely N-dealkylation sites (N-methyl/N-ethyl adjacent to an activating group) is 1. The van der Waals surface area contributed by atoms with E-state index in [-0.39, 0.29) is 24.8 Å². The lowest BCUT2D eigenvalue weighted by molar-refractivity contribution is -0.155. The number of para-hydroxylation sites is 2. The number of benzene rings is 1. The Kier molecular flexibility index (Phi) is 6.39. The van der Waals surface area contributed by atoms with Gasteiger partial charge in [-0.05, 0) is 12.1 Å². The van der Waals surface area contributed by atoms with E-state index in [4.69, 9.17) is 9.47 Å². The number of nitrogens with zero attached hydrogens (tertiary/aromatic N) is 7. The molecule has 2 amide bonds. The van der Waals surface area contributed by atoms with E-state index in [1.54, 1.807) is 24.3 Å². The zero-order valence-electron chi connectivity index (χ0n) is 19.8. The number of ether oxygens (including phenoxy) is 2. The molecule has 2 fully saturated rings. The molecule has 0 unspecified atom stereocenters. The van der Waals surface area contributed by atoms with Crippen LogP contribution in [0.4, 0.5) is 14.7 Å². The smallest absolute Gasteiger partial charge is 0.312 e. The molecule has 2 aliphatic heterocycles. The lowest BCUT2D eigenvalue weighted by Crippen LogP contribution is -2.59. The van der Waals surface area contributed by atoms with Gasteiger partial charge < -0.3 is 24.2 Å². The summed E-state index contributed by atoms with van der Waals surface area (Å²) in [7, 11) is 3.02. The third-order valence-corrected chi connectivity index (χ3v) is 5.99. The van der Waals surface area contributed by atoms with E-state index in [0.29, 0.717) is 43.3 Å². The molecule has 1 aromatic carbocycles. The highest BCUT2D eigenvalue weighted by Crippen LogP contribution is 2.30. The number of morpholine rings is 1. The number of rotatable bonds is 5. The van der Waals surface area contributed by atoms with E-state index in [2.05, 4.69) is 15.0 Å². The van der Waals surface area contributed by atoms with Crippen molar-refractivity contribution in [3.63, 3.8) is 0 Å². The molecule has 3 aromatic rings. The summed E-state index contributed by atoms with van der Waals surface area (Å²) in [6, 6.07) is 8.32. The Morgan fingerprint density at radius 2 is 1.83 bits per heavy atom. The van der Waals surface area contributed by atoms with Crippen LogP contribution in [0.3, 0.4) is 0 Å². The Hall–Kier alpha value is -3.87. The molecule has 190 valence electrons. The molecule has 2 aromatic heterocycles. The maximum atomic E-state index is 14.0. The van der Waals surface area contributed by atoms with Crippen molar-refractivity contribution in [1.82, 2.24) is 29.3 Å². The molecule has 13 heteroatoms. The number of alkyl halides is 2. The van der Waals surface area contributed by atoms with E-state index in [0.717, 1.165) is 0 Å². The highest BCUT2D eigenvalue weighted by atomic mass is 19.3. The SMILES string of the molecule is CN(C)C(=O)C(=O)N1CC(Oc2cc(-n3c(C(F)F)nc4ccccc43)nc(N3CCOCC3)n2)C1. The standard InChI is InChI=1S/C23H25F2N7O4/c1-29(2)21(33)22(34)31-12-14(13-31)36-18-11-17(27-23(28-18)30-7-9-35-10-8-30)32-16-6-4-3-5-15(16)26-20(32)19(24)25/h3-6,11,14,19H,7-10,12-13H2,1-2H3. The van der Waals surface area contributed by atoms with E-state index < -0.39 is 30.2 Å². The van der Waals surface area contributed by atoms with Crippen molar-refractivity contribution in [2.24, 2.45) is 0 Å². The van der Waals surface area contributed by atoms with Crippen LogP contribution in [0.15, 0.2) is 30.3 Å². The van der Waals surface area contributed by atoms with Gasteiger partial charge in [-0.1, -0.05) is 12.1 Å². The summed E-state index contributed by atoms with van der Waals surface area (Å²) < 4.78 is 40.7. The van der Waals surface area contributed by atoms with Gasteiger partial charge >= 0.3 is 11.8 Å². The number of halogens is 2. The highest BCUT2D eigenvalue weighted by molar-refractivity contribution is 6.34. The molecule has 36 heavy (non-hydrogen) atoms. The summed E-state index contributed by atoms with van der Waals surface area (Å²) in [6.45, 7) is 2.46. The third kappa shape index (κ3) is 4.53. The van der Waals surface area contributed by atoms with Crippen LogP contribution in [-0.4, -0.2) is 101 Å². The summed E-state index contributed by atoms with van der Waals surface area (Å²) in [5.41, 5.74) is 0.897. The van der Waals surface area contributed by atoms with Crippen LogP contribution in [-0.2, 0) is 14.3 Å². The van der Waals surface area contributed by atoms with Gasteiger partial charge in [0.25, 0.3) is 6.43 Å². The number of imidazole rings is 1. The molecule has 0 atom stereocenters. The van der Waals surface area contributed by atoms with Crippen LogP contribution in [0.1, 0.15) is 12.2 Å². The van der Waals surface area contributed by atoms with Crippen LogP contribution < -0.4 is 9.64 Å². The predicted octanol–water partition coefficient (Wildman–Crippen LogP) is 1.27. The first-order chi connectivity index (χ1) is 17.3. The fraction of sp³-hybridized carbons (Fsp3) is 0.435. The van der Waals surface area contributed by atoms with Crippen molar-refractivity contribution in [1.29, 1.82) is 0 Å². The topological polar surface area (TPSA) is 106 Å². The zero-order chi connectivity index (χ0) is 25.4. The molecule has 11 nitrogen and oxygen atoms in total. The zero-order valence-corrected chi connectivity index (χ0v) is 19.8. The molecule has 0 radical (unpaired) electrons. The lowest BCUT2D eigenvalue weighted by atomic mass is 10.1. The van der Waals surface area contributed by atoms with Gasteiger partial charge in [-0.3, -0.25) is 14.2 Å². The van der Waals surface area contributed by atoms with Gasteiger partial charge in [0.15, 0.2) is 5.82 Å². The lowest BCUT2D eigenvalue weighted by Gasteiger charge is -2.38. The number of likely N-dealkylation sites (tertiary alicyclic amines) is 1. The summed E-state index contributed by atoms with van der Waals surface area (Å²) >= 11 is 0. The Labute approximate surface area is 205 Å². The Bertz CT molecular complexity index is 1290. The van der Waals surface area contributed by atoms with Crippen molar-refractivity contribution in [3.8, 4) is 11.7 Å². The predicted molar refractivity (Wildman–Crippen MR) is 124 cm³/mol. The van der Waals surface area contributed by atoms with Gasteiger partial charge in [0.2, 0.25) is 11.8 Å². The van der Waals surface area contributed by atoms with Crippen molar-refractivity contribution in [2.45, 2.75) is 12.5 Å². The molecule has 0 N–H and O–H groups in total. The van der Waals surface area contributed by atoms with E-state index in [1.807, 2.05) is 4.90 Å². The van der Waals surface area contributed by atoms with Gasteiger partial charge in [-0.2, -0.15) is 9.97 Å². The largest absolute Gasteiger partial charge is 0.470 e. The molecular formula is C23H25F2N7O4. The van der Waals surface area contributed by atoms with Crippen LogP contribution in [0.5, 0.6) is 5.88 Å². The minimum atomic E-state index is -2.83. The number of aromatic nitrogens is 4. The minimum absolute atomic E-state index is 0.176. The van der Waals surface area contributed by atoms with Gasteiger partial charge in [-0.25, -0.2) is 13.8 Å². The van der Waals surface area contributed by atoms with Crippen LogP contribution >= 0.6 is 0 Å². The van der Waals surface area contributed by atoms with Gasteiger partial charge in [0.05, 0.1) is 37.3 Å². The van der Waals surface area contributed by atoms with Crippen molar-refractivity contribution < 1.29 is 27.8 Å². The van der Waals surface area contributed by atoms with Crippen molar-refractivity contribution in [2.75, 3.05) is 58.4 Å². The Morgan fingerprint density at radius 1 is 1.11 bits per heavy atom. The normalized spacial score (nSPS) is 16.4. The van der Waals surface area contributed by atoms with Gasteiger partial charge in [-0.15, -0.1) is 0 Å². The first-order valence-electron chi connectivity index (χ1n) is 11.5. The monoisotopic (exact) mass is 501 g/mol. The average molecular weight is 501 g/mol. The molecule has 2 aliphatic rings. The molecule has 5 rings (SSSR count). The van der Waals surface area contributed by atoms with Crippen LogP contribution in [0.25, 0.3) is 16.9 Å². The molecule has 0 aliphatic carbocycles. The molecule has 2 saturated heterocycles. The first-order valence-corrected chi connectivity index (χ1v) is 11.5. The second-order valence-electron chi connectivity index (χ2n) is 8.71. The molecule has 0 spiro atoms. The number of carbonyl (C=O) groups is 2. The summed E-state index contributed by atoms with van der Waals surface area (Å²) in [5, 5.41) is 0. The average Bonchev–Trinajstić information content (AvgIpc) is 3.25. The molecule has 0 saturated carbocycles. The Balaban J connectivity index is 1.47. The van der Waals surface area contributed by atoms with Gasteiger partial charge in [0, 0.05) is 33.3 Å². The van der Waals surface area contributed by atoms with Crippen molar-refractivity contribution in [3.05, 3.63) is 36.2 Å². The van der Waals surface area contributed by atoms with Gasteiger partial charge in [0.1, 0.15) is 11.9 Å². The fourth-order valence-electron chi connectivity index (χ4n) is 4.09. The first kappa shape index (κ1) is 23.9. The second-order valence-corrected chi connectivity index (χ2v) is 8.71. The van der Waals surface area contributed by atoms with E-state index in [1.165, 1.54) is 34.5 Å². The molecule has 4 heterocycles. The molecular weight excluding hydrogens is 476 g/mol. The quantitative estimate of drug-likeness (QED) is 0.482. The maximum Gasteiger partial charge on any atom is 0.312 e. The number of anilines is 1. The minimum Gasteiger partial charge on any atom is -0.470 e. The Morgan fingerprint density at radius 3 is 2.53 bits per heavy atom. The van der Waals surface area contributed by atoms with Crippen LogP contribution in [0.2, 0.25) is 0 Å². The van der Waals surface area contributed by atoms with E-state index in [9.17, 15) is 18.4 Å².